The van der Waals surface area contributed by atoms with Gasteiger partial charge in [-0.25, -0.2) is 9.18 Å². The largest absolute Gasteiger partial charge is 0.573 e. The van der Waals surface area contributed by atoms with Crippen LogP contribution in [0.3, 0.4) is 0 Å². The third-order valence-electron chi connectivity index (χ3n) is 4.88. The minimum absolute atomic E-state index is 0.00568. The van der Waals surface area contributed by atoms with Crippen molar-refractivity contribution < 1.29 is 41.4 Å². The lowest BCUT2D eigenvalue weighted by atomic mass is 10.2. The maximum absolute atomic E-state index is 13.8. The number of amides is 1. The van der Waals surface area contributed by atoms with Crippen molar-refractivity contribution in [2.75, 3.05) is 18.5 Å². The van der Waals surface area contributed by atoms with Crippen LogP contribution in [0.15, 0.2) is 58.7 Å². The number of fused-ring (bicyclic) bond motifs is 1. The first-order chi connectivity index (χ1) is 18.1. The van der Waals surface area contributed by atoms with Crippen molar-refractivity contribution in [2.24, 2.45) is 0 Å². The first-order valence-corrected chi connectivity index (χ1v) is 11.7. The monoisotopic (exact) mass is 551 g/mol. The van der Waals surface area contributed by atoms with Crippen LogP contribution in [-0.2, 0) is 9.53 Å². The highest BCUT2D eigenvalue weighted by Gasteiger charge is 2.31. The number of esters is 1. The molecule has 2 aromatic carbocycles. The fourth-order valence-electron chi connectivity index (χ4n) is 3.32. The van der Waals surface area contributed by atoms with Crippen LogP contribution in [0, 0.1) is 5.82 Å². The van der Waals surface area contributed by atoms with Crippen LogP contribution in [0.4, 0.5) is 22.6 Å². The average molecular weight is 551 g/mol. The summed E-state index contributed by atoms with van der Waals surface area (Å²) in [7, 11) is 0. The second-order valence-corrected chi connectivity index (χ2v) is 8.33. The van der Waals surface area contributed by atoms with Crippen molar-refractivity contribution in [1.82, 2.24) is 9.78 Å². The maximum atomic E-state index is 13.8. The Morgan fingerprint density at radius 1 is 1.11 bits per heavy atom. The van der Waals surface area contributed by atoms with E-state index in [-0.39, 0.29) is 39.5 Å². The summed E-state index contributed by atoms with van der Waals surface area (Å²) in [6, 6.07) is 9.71. The fraction of sp³-hybridized carbons (Fsp3) is 0.167. The molecule has 0 radical (unpaired) electrons. The van der Waals surface area contributed by atoms with E-state index in [0.717, 1.165) is 46.4 Å². The third kappa shape index (κ3) is 5.91. The normalized spacial score (nSPS) is 11.3. The second kappa shape index (κ2) is 10.9. The van der Waals surface area contributed by atoms with E-state index in [1.807, 2.05) is 0 Å². The van der Waals surface area contributed by atoms with E-state index in [4.69, 9.17) is 9.47 Å². The zero-order chi connectivity index (χ0) is 27.4. The van der Waals surface area contributed by atoms with Crippen LogP contribution < -0.4 is 20.3 Å². The molecular weight excluding hydrogens is 534 g/mol. The fourth-order valence-corrected chi connectivity index (χ4v) is 4.28. The molecule has 4 rings (SSSR count). The first kappa shape index (κ1) is 26.6. The van der Waals surface area contributed by atoms with Crippen molar-refractivity contribution in [1.29, 1.82) is 0 Å². The highest BCUT2D eigenvalue weighted by atomic mass is 32.1. The van der Waals surface area contributed by atoms with E-state index in [1.54, 1.807) is 6.92 Å². The van der Waals surface area contributed by atoms with Gasteiger partial charge in [0, 0.05) is 10.8 Å². The summed E-state index contributed by atoms with van der Waals surface area (Å²) in [5.74, 6) is -2.92. The van der Waals surface area contributed by atoms with Crippen molar-refractivity contribution in [3.63, 3.8) is 0 Å². The SMILES string of the molecule is CCOC(=O)c1nn(-c2ccc(OC(F)(F)F)cc2)c(=O)c2c(NC(=O)COc3ccccc3F)scc12. The topological polar surface area (TPSA) is 109 Å². The lowest BCUT2D eigenvalue weighted by Gasteiger charge is -2.12. The molecular formula is C24H17F4N3O6S. The molecule has 4 aromatic rings. The van der Waals surface area contributed by atoms with Crippen LogP contribution in [0.1, 0.15) is 17.4 Å². The molecule has 0 bridgehead atoms. The predicted molar refractivity (Wildman–Crippen MR) is 128 cm³/mol. The van der Waals surface area contributed by atoms with Crippen molar-refractivity contribution >= 4 is 39.0 Å². The van der Waals surface area contributed by atoms with E-state index in [9.17, 15) is 31.9 Å². The van der Waals surface area contributed by atoms with Crippen LogP contribution in [0.5, 0.6) is 11.5 Å². The summed E-state index contributed by atoms with van der Waals surface area (Å²) in [5.41, 5.74) is -1.01. The van der Waals surface area contributed by atoms with Gasteiger partial charge in [0.1, 0.15) is 10.8 Å². The number of nitrogens with one attached hydrogen (secondary N) is 1. The van der Waals surface area contributed by atoms with Gasteiger partial charge in [0.2, 0.25) is 0 Å². The summed E-state index contributed by atoms with van der Waals surface area (Å²) in [6.07, 6.45) is -4.91. The maximum Gasteiger partial charge on any atom is 0.573 e. The van der Waals surface area contributed by atoms with Gasteiger partial charge >= 0.3 is 12.3 Å². The Morgan fingerprint density at radius 3 is 2.47 bits per heavy atom. The van der Waals surface area contributed by atoms with Crippen LogP contribution in [0.2, 0.25) is 0 Å². The smallest absolute Gasteiger partial charge is 0.481 e. The summed E-state index contributed by atoms with van der Waals surface area (Å²) in [5, 5.41) is 8.04. The number of ether oxygens (including phenoxy) is 3. The Labute approximate surface area is 215 Å². The number of hydrogen-bond acceptors (Lipinski definition) is 8. The summed E-state index contributed by atoms with van der Waals surface area (Å²) < 4.78 is 66.1. The molecule has 0 saturated carbocycles. The molecule has 0 atom stereocenters. The van der Waals surface area contributed by atoms with Gasteiger partial charge in [0.15, 0.2) is 23.9 Å². The van der Waals surface area contributed by atoms with Crippen molar-refractivity contribution in [3.05, 3.63) is 75.8 Å². The zero-order valence-corrected chi connectivity index (χ0v) is 20.2. The molecule has 0 fully saturated rings. The molecule has 0 spiro atoms. The Morgan fingerprint density at radius 2 is 1.82 bits per heavy atom. The third-order valence-corrected chi connectivity index (χ3v) is 5.78. The molecule has 0 unspecified atom stereocenters. The molecule has 1 N–H and O–H groups in total. The number of alkyl halides is 3. The molecule has 9 nitrogen and oxygen atoms in total. The number of halogens is 4. The lowest BCUT2D eigenvalue weighted by Crippen LogP contribution is -2.26. The Kier molecular flexibility index (Phi) is 7.62. The Balaban J connectivity index is 1.70. The molecule has 14 heteroatoms. The number of aromatic nitrogens is 2. The molecule has 2 aromatic heterocycles. The minimum atomic E-state index is -4.91. The summed E-state index contributed by atoms with van der Waals surface area (Å²) >= 11 is 0.925. The van der Waals surface area contributed by atoms with E-state index < -0.39 is 42.0 Å². The van der Waals surface area contributed by atoms with E-state index in [0.29, 0.717) is 0 Å². The number of para-hydroxylation sites is 1. The zero-order valence-electron chi connectivity index (χ0n) is 19.4. The number of anilines is 1. The molecule has 0 aliphatic carbocycles. The Hall–Kier alpha value is -4.46. The summed E-state index contributed by atoms with van der Waals surface area (Å²) in [6.45, 7) is 0.996. The van der Waals surface area contributed by atoms with Crippen molar-refractivity contribution in [2.45, 2.75) is 13.3 Å². The average Bonchev–Trinajstić information content (AvgIpc) is 3.27. The predicted octanol–water partition coefficient (Wildman–Crippen LogP) is 4.68. The highest BCUT2D eigenvalue weighted by molar-refractivity contribution is 7.16. The second-order valence-electron chi connectivity index (χ2n) is 7.45. The molecule has 2 heterocycles. The van der Waals surface area contributed by atoms with Gasteiger partial charge in [-0.15, -0.1) is 24.5 Å². The summed E-state index contributed by atoms with van der Waals surface area (Å²) in [4.78, 5) is 38.5. The number of carbonyl (C=O) groups excluding carboxylic acids is 2. The molecule has 0 saturated heterocycles. The van der Waals surface area contributed by atoms with Gasteiger partial charge in [0.05, 0.1) is 17.7 Å². The van der Waals surface area contributed by atoms with Crippen molar-refractivity contribution in [3.8, 4) is 17.2 Å². The molecule has 1 amide bonds. The quantitative estimate of drug-likeness (QED) is 0.250. The van der Waals surface area contributed by atoms with Crippen LogP contribution >= 0.6 is 11.3 Å². The number of rotatable bonds is 8. The number of thiophene rings is 1. The minimum Gasteiger partial charge on any atom is -0.481 e. The number of benzene rings is 2. The molecule has 0 aliphatic rings. The van der Waals surface area contributed by atoms with Gasteiger partial charge in [-0.2, -0.15) is 9.78 Å². The molecule has 198 valence electrons. The number of hydrogen-bond donors (Lipinski definition) is 1. The number of nitrogens with zero attached hydrogens (tertiary/aromatic N) is 2. The number of carbonyl (C=O) groups is 2. The van der Waals surface area contributed by atoms with Crippen LogP contribution in [0.25, 0.3) is 16.5 Å². The van der Waals surface area contributed by atoms with Gasteiger partial charge in [-0.1, -0.05) is 12.1 Å². The van der Waals surface area contributed by atoms with Gasteiger partial charge in [0.25, 0.3) is 11.5 Å². The highest BCUT2D eigenvalue weighted by Crippen LogP contribution is 2.31. The van der Waals surface area contributed by atoms with Crippen LogP contribution in [-0.4, -0.2) is 41.2 Å². The van der Waals surface area contributed by atoms with E-state index in [1.165, 1.54) is 23.6 Å². The first-order valence-electron chi connectivity index (χ1n) is 10.8. The molecule has 38 heavy (non-hydrogen) atoms. The standard InChI is InChI=1S/C24H17F4N3O6S/c1-2-35-23(34)20-15-12-38-21(29-18(32)11-36-17-6-4-3-5-16(17)25)19(15)22(33)31(30-20)13-7-9-14(10-8-13)37-24(26,27)28/h3-10,12H,2,11H2,1H3,(H,29,32). The van der Waals surface area contributed by atoms with Gasteiger partial charge < -0.3 is 19.5 Å². The molecule has 0 aliphatic heterocycles. The van der Waals surface area contributed by atoms with E-state index >= 15 is 0 Å². The van der Waals surface area contributed by atoms with Gasteiger partial charge in [-0.3, -0.25) is 9.59 Å². The van der Waals surface area contributed by atoms with E-state index in [2.05, 4.69) is 15.2 Å². The lowest BCUT2D eigenvalue weighted by molar-refractivity contribution is -0.274. The Bertz CT molecular complexity index is 1550. The van der Waals surface area contributed by atoms with Gasteiger partial charge in [-0.05, 0) is 43.3 Å².